The maximum atomic E-state index is 14.2. The van der Waals surface area contributed by atoms with E-state index < -0.39 is 23.9 Å². The lowest BCUT2D eigenvalue weighted by Gasteiger charge is -2.38. The molecule has 4 atom stereocenters. The van der Waals surface area contributed by atoms with Crippen LogP contribution in [-0.2, 0) is 14.3 Å². The fraction of sp³-hybridized carbons (Fsp3) is 0.621. The molecule has 3 N–H and O–H groups in total. The number of H-pyrrole nitrogens is 1. The van der Waals surface area contributed by atoms with Gasteiger partial charge in [0.05, 0.1) is 17.9 Å². The molecule has 1 unspecified atom stereocenters. The number of nitrogens with zero attached hydrogens (tertiary/aromatic N) is 2. The number of ether oxygens (including phenoxy) is 1. The number of aromatic nitrogens is 2. The summed E-state index contributed by atoms with van der Waals surface area (Å²) in [7, 11) is 0. The highest BCUT2D eigenvalue weighted by molar-refractivity contribution is 5.89. The molecular formula is C29H40F2N4O4. The van der Waals surface area contributed by atoms with Gasteiger partial charge >= 0.3 is 0 Å². The summed E-state index contributed by atoms with van der Waals surface area (Å²) in [4.78, 5) is 35.8. The molecule has 2 aliphatic rings. The number of rotatable bonds is 11. The van der Waals surface area contributed by atoms with Gasteiger partial charge in [0.25, 0.3) is 0 Å². The third kappa shape index (κ3) is 7.93. The van der Waals surface area contributed by atoms with E-state index in [1.807, 2.05) is 11.8 Å². The van der Waals surface area contributed by atoms with Gasteiger partial charge in [-0.1, -0.05) is 13.3 Å². The molecule has 0 bridgehead atoms. The molecule has 39 heavy (non-hydrogen) atoms. The first-order valence-corrected chi connectivity index (χ1v) is 14.0. The SMILES string of the molecule is C[C@H](CC(=O)[C@H](CC(O)N1CCCC[C@@H]1C)NC(=O)CC1CCOCC1)c1ncc(-c2ccc(F)cc2F)[nH]1. The number of piperidine rings is 1. The van der Waals surface area contributed by atoms with Crippen LogP contribution in [0.3, 0.4) is 0 Å². The van der Waals surface area contributed by atoms with Crippen molar-refractivity contribution in [1.29, 1.82) is 0 Å². The van der Waals surface area contributed by atoms with Crippen LogP contribution in [-0.4, -0.2) is 69.7 Å². The number of benzene rings is 1. The van der Waals surface area contributed by atoms with E-state index in [4.69, 9.17) is 4.74 Å². The molecule has 0 aliphatic carbocycles. The fourth-order valence-electron chi connectivity index (χ4n) is 5.62. The Kier molecular flexibility index (Phi) is 10.2. The van der Waals surface area contributed by atoms with Gasteiger partial charge in [-0.3, -0.25) is 14.5 Å². The second-order valence-corrected chi connectivity index (χ2v) is 11.1. The van der Waals surface area contributed by atoms with Gasteiger partial charge in [-0.25, -0.2) is 13.8 Å². The molecule has 10 heteroatoms. The Labute approximate surface area is 228 Å². The van der Waals surface area contributed by atoms with Gasteiger partial charge in [-0.2, -0.15) is 0 Å². The summed E-state index contributed by atoms with van der Waals surface area (Å²) < 4.78 is 32.9. The Morgan fingerprint density at radius 1 is 1.23 bits per heavy atom. The van der Waals surface area contributed by atoms with Gasteiger partial charge in [0.2, 0.25) is 5.91 Å². The smallest absolute Gasteiger partial charge is 0.220 e. The number of aromatic amines is 1. The minimum atomic E-state index is -0.843. The van der Waals surface area contributed by atoms with Crippen LogP contribution in [0, 0.1) is 17.6 Å². The van der Waals surface area contributed by atoms with E-state index >= 15 is 0 Å². The number of Topliss-reactive ketones (excluding diaryl/α,β-unsaturated/α-hetero) is 1. The van der Waals surface area contributed by atoms with E-state index in [1.54, 1.807) is 0 Å². The molecule has 214 valence electrons. The number of aliphatic hydroxyl groups is 1. The molecule has 1 aromatic heterocycles. The van der Waals surface area contributed by atoms with Gasteiger partial charge in [0.1, 0.15) is 23.7 Å². The fourth-order valence-corrected chi connectivity index (χ4v) is 5.62. The topological polar surface area (TPSA) is 108 Å². The molecule has 2 aliphatic heterocycles. The number of carbonyl (C=O) groups is 2. The third-order valence-corrected chi connectivity index (χ3v) is 8.01. The second-order valence-electron chi connectivity index (χ2n) is 11.1. The minimum Gasteiger partial charge on any atom is -0.381 e. The van der Waals surface area contributed by atoms with Crippen LogP contribution < -0.4 is 5.32 Å². The standard InChI is InChI=1S/C29H40F2N4O4/c1-18(29-32-17-25(34-29)22-7-6-21(30)15-23(22)31)13-26(36)24(16-28(38)35-10-4-3-5-19(35)2)33-27(37)14-20-8-11-39-12-9-20/h6-7,15,17-20,24,28,38H,3-5,8-14,16H2,1-2H3,(H,32,34)(H,33,37)/t18-,19+,24+,28?/m1/s1. The first-order valence-electron chi connectivity index (χ1n) is 14.0. The number of amides is 1. The number of hydrogen-bond donors (Lipinski definition) is 3. The largest absolute Gasteiger partial charge is 0.381 e. The first-order chi connectivity index (χ1) is 18.7. The average molecular weight is 547 g/mol. The highest BCUT2D eigenvalue weighted by Gasteiger charge is 2.32. The summed E-state index contributed by atoms with van der Waals surface area (Å²) >= 11 is 0. The van der Waals surface area contributed by atoms with Crippen molar-refractivity contribution in [2.45, 2.75) is 89.4 Å². The molecule has 0 spiro atoms. The van der Waals surface area contributed by atoms with E-state index in [-0.39, 0.29) is 48.0 Å². The molecule has 0 radical (unpaired) electrons. The van der Waals surface area contributed by atoms with Crippen molar-refractivity contribution in [3.05, 3.63) is 41.9 Å². The number of halogens is 2. The van der Waals surface area contributed by atoms with E-state index in [0.29, 0.717) is 31.2 Å². The van der Waals surface area contributed by atoms with Crippen molar-refractivity contribution in [3.8, 4) is 11.3 Å². The van der Waals surface area contributed by atoms with Crippen LogP contribution in [0.1, 0.15) is 77.0 Å². The maximum absolute atomic E-state index is 14.2. The van der Waals surface area contributed by atoms with Crippen LogP contribution in [0.2, 0.25) is 0 Å². The van der Waals surface area contributed by atoms with Gasteiger partial charge in [-0.05, 0) is 50.7 Å². The zero-order valence-corrected chi connectivity index (χ0v) is 22.8. The zero-order valence-electron chi connectivity index (χ0n) is 22.8. The Morgan fingerprint density at radius 2 is 2.00 bits per heavy atom. The Bertz CT molecular complexity index is 1120. The van der Waals surface area contributed by atoms with E-state index in [1.165, 1.54) is 18.3 Å². The van der Waals surface area contributed by atoms with Crippen LogP contribution in [0.4, 0.5) is 8.78 Å². The number of carbonyl (C=O) groups excluding carboxylic acids is 2. The molecule has 1 aromatic carbocycles. The molecule has 0 saturated carbocycles. The zero-order chi connectivity index (χ0) is 27.9. The number of aliphatic hydroxyl groups excluding tert-OH is 1. The van der Waals surface area contributed by atoms with Crippen molar-refractivity contribution in [2.24, 2.45) is 5.92 Å². The Hall–Kier alpha value is -2.69. The maximum Gasteiger partial charge on any atom is 0.220 e. The van der Waals surface area contributed by atoms with Crippen molar-refractivity contribution < 1.29 is 28.2 Å². The van der Waals surface area contributed by atoms with Gasteiger partial charge in [0, 0.05) is 62.6 Å². The Balaban J connectivity index is 1.43. The highest BCUT2D eigenvalue weighted by atomic mass is 19.1. The lowest BCUT2D eigenvalue weighted by molar-refractivity contribution is -0.131. The van der Waals surface area contributed by atoms with Gasteiger partial charge < -0.3 is 20.1 Å². The van der Waals surface area contributed by atoms with E-state index in [0.717, 1.165) is 44.7 Å². The molecule has 8 nitrogen and oxygen atoms in total. The van der Waals surface area contributed by atoms with Gasteiger partial charge in [0.15, 0.2) is 5.78 Å². The molecule has 2 saturated heterocycles. The number of nitrogens with one attached hydrogen (secondary N) is 2. The molecule has 3 heterocycles. The predicted molar refractivity (Wildman–Crippen MR) is 143 cm³/mol. The predicted octanol–water partition coefficient (Wildman–Crippen LogP) is 4.30. The Morgan fingerprint density at radius 3 is 2.72 bits per heavy atom. The van der Waals surface area contributed by atoms with E-state index in [9.17, 15) is 23.5 Å². The van der Waals surface area contributed by atoms with Crippen LogP contribution in [0.5, 0.6) is 0 Å². The normalized spacial score (nSPS) is 21.3. The van der Waals surface area contributed by atoms with Gasteiger partial charge in [-0.15, -0.1) is 0 Å². The average Bonchev–Trinajstić information content (AvgIpc) is 3.39. The van der Waals surface area contributed by atoms with Crippen molar-refractivity contribution >= 4 is 11.7 Å². The molecule has 2 fully saturated rings. The summed E-state index contributed by atoms with van der Waals surface area (Å²) in [6, 6.07) is 2.69. The van der Waals surface area contributed by atoms with Crippen molar-refractivity contribution in [3.63, 3.8) is 0 Å². The number of ketones is 1. The summed E-state index contributed by atoms with van der Waals surface area (Å²) in [5.74, 6) is -1.41. The third-order valence-electron chi connectivity index (χ3n) is 8.01. The van der Waals surface area contributed by atoms with Crippen LogP contribution >= 0.6 is 0 Å². The number of imidazole rings is 1. The molecule has 1 amide bonds. The van der Waals surface area contributed by atoms with Crippen LogP contribution in [0.25, 0.3) is 11.3 Å². The highest BCUT2D eigenvalue weighted by Crippen LogP contribution is 2.26. The van der Waals surface area contributed by atoms with Crippen LogP contribution in [0.15, 0.2) is 24.4 Å². The summed E-state index contributed by atoms with van der Waals surface area (Å²) in [6.45, 7) is 5.92. The molecule has 2 aromatic rings. The first kappa shape index (κ1) is 29.3. The summed E-state index contributed by atoms with van der Waals surface area (Å²) in [5, 5.41) is 14.0. The minimum absolute atomic E-state index is 0.0728. The van der Waals surface area contributed by atoms with Crippen molar-refractivity contribution in [2.75, 3.05) is 19.8 Å². The quantitative estimate of drug-likeness (QED) is 0.388. The number of likely N-dealkylation sites (tertiary alicyclic amines) is 1. The second kappa shape index (κ2) is 13.6. The summed E-state index contributed by atoms with van der Waals surface area (Å²) in [5.41, 5.74) is 0.573. The molecular weight excluding hydrogens is 506 g/mol. The lowest BCUT2D eigenvalue weighted by Crippen LogP contribution is -2.50. The molecule has 4 rings (SSSR count). The summed E-state index contributed by atoms with van der Waals surface area (Å²) in [6.07, 6.45) is 5.83. The number of hydrogen-bond acceptors (Lipinski definition) is 6. The van der Waals surface area contributed by atoms with Crippen molar-refractivity contribution in [1.82, 2.24) is 20.2 Å². The monoisotopic (exact) mass is 546 g/mol. The van der Waals surface area contributed by atoms with E-state index in [2.05, 4.69) is 22.2 Å². The lowest BCUT2D eigenvalue weighted by atomic mass is 9.94.